The Morgan fingerprint density at radius 1 is 1.19 bits per heavy atom. The molecule has 230 valence electrons. The predicted octanol–water partition coefficient (Wildman–Crippen LogP) is 6.67. The van der Waals surface area contributed by atoms with Gasteiger partial charge in [0.2, 0.25) is 0 Å². The Kier molecular flexibility index (Phi) is 11.9. The minimum Gasteiger partial charge on any atom is -0.450 e. The van der Waals surface area contributed by atoms with Crippen LogP contribution >= 0.6 is 23.8 Å². The molecule has 1 unspecified atom stereocenters. The molecule has 2 heterocycles. The first-order valence-corrected chi connectivity index (χ1v) is 17.5. The summed E-state index contributed by atoms with van der Waals surface area (Å²) in [4.78, 5) is 16.2. The zero-order valence-electron chi connectivity index (χ0n) is 24.6. The summed E-state index contributed by atoms with van der Waals surface area (Å²) in [5.41, 5.74) is -0.0140. The van der Waals surface area contributed by atoms with Crippen LogP contribution in [0.5, 0.6) is 11.5 Å². The summed E-state index contributed by atoms with van der Waals surface area (Å²) in [6, 6.07) is 4.70. The SMILES string of the molecule is CC(CNC(=O)OC(C)(C)C)CNC(=S)Nc1cc(F)c(Oc2ccnc3c2c(Cl)cn3COCC[SiH](C)C)c(F)c1. The number of benzene rings is 1. The second-order valence-electron chi connectivity index (χ2n) is 11.4. The van der Waals surface area contributed by atoms with E-state index in [2.05, 4.69) is 34.0 Å². The van der Waals surface area contributed by atoms with Crippen LogP contribution in [0, 0.1) is 17.6 Å². The summed E-state index contributed by atoms with van der Waals surface area (Å²) < 4.78 is 48.5. The number of alkyl carbamates (subject to hydrolysis) is 1. The maximum absolute atomic E-state index is 15.0. The standard InChI is InChI=1S/C28H38ClF2N5O4SSi/c1-17(14-34-27(37)40-28(2,3)4)13-33-26(41)35-18-11-20(30)24(21(31)12-18)39-22-7-8-32-25-23(22)19(29)15-36(25)16-38-9-10-42(5)6/h7-8,11-12,15,17,42H,9-10,13-14,16H2,1-6H3,(H,34,37)(H2,33,35,41). The zero-order chi connectivity index (χ0) is 31.0. The lowest BCUT2D eigenvalue weighted by Crippen LogP contribution is -2.39. The first-order valence-electron chi connectivity index (χ1n) is 13.6. The lowest BCUT2D eigenvalue weighted by atomic mass is 10.2. The molecule has 1 atom stereocenters. The number of carbonyl (C=O) groups is 1. The fraction of sp³-hybridized carbons (Fsp3) is 0.464. The van der Waals surface area contributed by atoms with E-state index < -0.39 is 37.9 Å². The highest BCUT2D eigenvalue weighted by molar-refractivity contribution is 7.80. The molecule has 0 saturated heterocycles. The molecule has 0 spiro atoms. The Hall–Kier alpha value is -3.00. The number of ether oxygens (including phenoxy) is 3. The van der Waals surface area contributed by atoms with Crippen LogP contribution in [0.2, 0.25) is 24.2 Å². The Morgan fingerprint density at radius 3 is 2.50 bits per heavy atom. The van der Waals surface area contributed by atoms with Crippen molar-refractivity contribution in [2.75, 3.05) is 25.0 Å². The Morgan fingerprint density at radius 2 is 1.86 bits per heavy atom. The summed E-state index contributed by atoms with van der Waals surface area (Å²) in [6.45, 7) is 13.4. The molecule has 0 aliphatic heterocycles. The number of aromatic nitrogens is 2. The molecule has 0 radical (unpaired) electrons. The van der Waals surface area contributed by atoms with E-state index in [4.69, 9.17) is 38.0 Å². The van der Waals surface area contributed by atoms with E-state index in [1.54, 1.807) is 31.5 Å². The second kappa shape index (κ2) is 14.9. The van der Waals surface area contributed by atoms with Crippen LogP contribution in [0.3, 0.4) is 0 Å². The Balaban J connectivity index is 1.61. The van der Waals surface area contributed by atoms with Gasteiger partial charge in [-0.3, -0.25) is 0 Å². The first-order chi connectivity index (χ1) is 19.7. The van der Waals surface area contributed by atoms with Crippen LogP contribution in [-0.4, -0.2) is 54.9 Å². The van der Waals surface area contributed by atoms with Crippen LogP contribution in [0.1, 0.15) is 27.7 Å². The van der Waals surface area contributed by atoms with Gasteiger partial charge in [0.15, 0.2) is 22.5 Å². The molecular weight excluding hydrogens is 604 g/mol. The molecule has 14 heteroatoms. The molecule has 0 aliphatic rings. The number of rotatable bonds is 12. The van der Waals surface area contributed by atoms with Gasteiger partial charge in [-0.2, -0.15) is 0 Å². The van der Waals surface area contributed by atoms with E-state index >= 15 is 8.78 Å². The topological polar surface area (TPSA) is 98.7 Å². The van der Waals surface area contributed by atoms with Crippen molar-refractivity contribution in [1.29, 1.82) is 0 Å². The third-order valence-electron chi connectivity index (χ3n) is 5.82. The first kappa shape index (κ1) is 33.5. The van der Waals surface area contributed by atoms with Crippen molar-refractivity contribution in [3.05, 3.63) is 47.2 Å². The van der Waals surface area contributed by atoms with E-state index in [1.807, 2.05) is 6.92 Å². The van der Waals surface area contributed by atoms with Crippen LogP contribution in [0.25, 0.3) is 11.0 Å². The van der Waals surface area contributed by atoms with Gasteiger partial charge >= 0.3 is 6.09 Å². The van der Waals surface area contributed by atoms with Gasteiger partial charge in [0.05, 0.1) is 10.4 Å². The quantitative estimate of drug-likeness (QED) is 0.115. The highest BCUT2D eigenvalue weighted by Crippen LogP contribution is 2.37. The fourth-order valence-corrected chi connectivity index (χ4v) is 4.86. The molecule has 2 aromatic heterocycles. The number of hydrogen-bond acceptors (Lipinski definition) is 6. The minimum atomic E-state index is -0.933. The number of amides is 1. The number of nitrogens with zero attached hydrogens (tertiary/aromatic N) is 2. The van der Waals surface area contributed by atoms with Gasteiger partial charge in [-0.25, -0.2) is 18.6 Å². The van der Waals surface area contributed by atoms with Crippen LogP contribution in [0.4, 0.5) is 19.3 Å². The summed E-state index contributed by atoms with van der Waals surface area (Å²) >= 11 is 11.7. The van der Waals surface area contributed by atoms with E-state index in [9.17, 15) is 4.79 Å². The van der Waals surface area contributed by atoms with Gasteiger partial charge in [-0.05, 0) is 51.0 Å². The normalized spacial score (nSPS) is 12.3. The van der Waals surface area contributed by atoms with Gasteiger partial charge in [-0.15, -0.1) is 0 Å². The number of hydrogen-bond donors (Lipinski definition) is 3. The monoisotopic (exact) mass is 641 g/mol. The van der Waals surface area contributed by atoms with Crippen molar-refractivity contribution in [2.45, 2.75) is 59.2 Å². The Labute approximate surface area is 256 Å². The molecule has 0 fully saturated rings. The second-order valence-corrected chi connectivity index (χ2v) is 15.5. The van der Waals surface area contributed by atoms with Gasteiger partial charge < -0.3 is 34.7 Å². The van der Waals surface area contributed by atoms with Crippen molar-refractivity contribution < 1.29 is 27.8 Å². The van der Waals surface area contributed by atoms with Crippen LogP contribution in [0.15, 0.2) is 30.6 Å². The third-order valence-corrected chi connectivity index (χ3v) is 7.74. The molecule has 3 N–H and O–H groups in total. The van der Waals surface area contributed by atoms with Crippen molar-refractivity contribution >= 4 is 60.5 Å². The third kappa shape index (κ3) is 10.1. The van der Waals surface area contributed by atoms with E-state index in [0.29, 0.717) is 35.8 Å². The molecule has 42 heavy (non-hydrogen) atoms. The maximum atomic E-state index is 15.0. The van der Waals surface area contributed by atoms with Crippen molar-refractivity contribution in [1.82, 2.24) is 20.2 Å². The number of pyridine rings is 1. The summed E-state index contributed by atoms with van der Waals surface area (Å²) in [5.74, 6) is -2.30. The number of nitrogens with one attached hydrogen (secondary N) is 3. The van der Waals surface area contributed by atoms with Crippen molar-refractivity contribution in [2.24, 2.45) is 5.92 Å². The van der Waals surface area contributed by atoms with Crippen molar-refractivity contribution in [3.63, 3.8) is 0 Å². The molecule has 1 aromatic carbocycles. The molecule has 1 amide bonds. The van der Waals surface area contributed by atoms with Crippen LogP contribution < -0.4 is 20.7 Å². The van der Waals surface area contributed by atoms with Crippen molar-refractivity contribution in [3.8, 4) is 11.5 Å². The average molecular weight is 642 g/mol. The summed E-state index contributed by atoms with van der Waals surface area (Å²) in [6.07, 6.45) is 2.62. The number of carbonyl (C=O) groups excluding carboxylic acids is 1. The lowest BCUT2D eigenvalue weighted by Gasteiger charge is -2.21. The Bertz CT molecular complexity index is 1380. The molecule has 3 aromatic rings. The van der Waals surface area contributed by atoms with Crippen LogP contribution in [-0.2, 0) is 16.2 Å². The van der Waals surface area contributed by atoms with E-state index in [0.717, 1.165) is 18.2 Å². The smallest absolute Gasteiger partial charge is 0.407 e. The molecular formula is C28H38ClF2N5O4SSi. The fourth-order valence-electron chi connectivity index (χ4n) is 3.73. The molecule has 0 bridgehead atoms. The van der Waals surface area contributed by atoms with Gasteiger partial charge in [0.25, 0.3) is 0 Å². The predicted molar refractivity (Wildman–Crippen MR) is 168 cm³/mol. The van der Waals surface area contributed by atoms with Gasteiger partial charge in [0, 0.05) is 58.7 Å². The highest BCUT2D eigenvalue weighted by atomic mass is 35.5. The largest absolute Gasteiger partial charge is 0.450 e. The van der Waals surface area contributed by atoms with Gasteiger partial charge in [-0.1, -0.05) is 31.6 Å². The molecule has 0 aliphatic carbocycles. The van der Waals surface area contributed by atoms with Gasteiger partial charge in [0.1, 0.15) is 23.7 Å². The molecule has 3 rings (SSSR count). The number of fused-ring (bicyclic) bond motifs is 1. The summed E-state index contributed by atoms with van der Waals surface area (Å²) in [5, 5.41) is 9.32. The highest BCUT2D eigenvalue weighted by Gasteiger charge is 2.20. The van der Waals surface area contributed by atoms with E-state index in [1.165, 1.54) is 12.3 Å². The zero-order valence-corrected chi connectivity index (χ0v) is 27.4. The summed E-state index contributed by atoms with van der Waals surface area (Å²) in [7, 11) is -0.729. The molecule has 0 saturated carbocycles. The number of thiocarbonyl (C=S) groups is 1. The minimum absolute atomic E-state index is 0.00586. The molecule has 9 nitrogen and oxygen atoms in total. The maximum Gasteiger partial charge on any atom is 0.407 e. The average Bonchev–Trinajstić information content (AvgIpc) is 3.21. The number of halogens is 3. The lowest BCUT2D eigenvalue weighted by molar-refractivity contribution is 0.0520. The number of anilines is 1. The van der Waals surface area contributed by atoms with E-state index in [-0.39, 0.29) is 29.2 Å².